The highest BCUT2D eigenvalue weighted by atomic mass is 32.1. The van der Waals surface area contributed by atoms with Crippen molar-refractivity contribution in [3.63, 3.8) is 0 Å². The lowest BCUT2D eigenvalue weighted by Gasteiger charge is -2.18. The number of rotatable bonds is 3. The van der Waals surface area contributed by atoms with Gasteiger partial charge in [0.2, 0.25) is 0 Å². The molecule has 1 aliphatic carbocycles. The fraction of sp³-hybridized carbons (Fsp3) is 0.316. The number of thiocarbonyl (C=S) groups is 1. The molecule has 136 valence electrons. The molecule has 0 bridgehead atoms. The fourth-order valence-electron chi connectivity index (χ4n) is 3.11. The van der Waals surface area contributed by atoms with E-state index in [2.05, 4.69) is 17.6 Å². The van der Waals surface area contributed by atoms with Crippen molar-refractivity contribution in [3.05, 3.63) is 51.4 Å². The lowest BCUT2D eigenvalue weighted by Crippen LogP contribution is -2.34. The first kappa shape index (κ1) is 18.5. The van der Waals surface area contributed by atoms with Gasteiger partial charge in [-0.25, -0.2) is 0 Å². The van der Waals surface area contributed by atoms with Crippen LogP contribution < -0.4 is 16.4 Å². The molecule has 0 radical (unpaired) electrons. The van der Waals surface area contributed by atoms with Gasteiger partial charge in [0.25, 0.3) is 11.8 Å². The van der Waals surface area contributed by atoms with Crippen molar-refractivity contribution in [1.82, 2.24) is 5.32 Å². The monoisotopic (exact) mass is 387 g/mol. The standard InChI is InChI=1S/C19H21N3O2S2/c1-10-3-6-12(7-4-10)17(24)21-19(25)22-18-15(16(20)23)13-8-5-11(2)9-14(13)26-18/h3-4,6-7,11H,5,8-9H2,1-2H3,(H2,20,23)(H2,21,22,24,25)/t11-/m1/s1. The summed E-state index contributed by atoms with van der Waals surface area (Å²) >= 11 is 6.76. The van der Waals surface area contributed by atoms with E-state index in [0.717, 1.165) is 30.4 Å². The fourth-order valence-corrected chi connectivity index (χ4v) is 4.79. The zero-order valence-corrected chi connectivity index (χ0v) is 16.4. The molecule has 2 aromatic rings. The van der Waals surface area contributed by atoms with Gasteiger partial charge < -0.3 is 11.1 Å². The minimum absolute atomic E-state index is 0.157. The second-order valence-corrected chi connectivity index (χ2v) is 8.21. The van der Waals surface area contributed by atoms with E-state index in [4.69, 9.17) is 18.0 Å². The Morgan fingerprint density at radius 2 is 1.96 bits per heavy atom. The van der Waals surface area contributed by atoms with Gasteiger partial charge in [-0.1, -0.05) is 24.6 Å². The Kier molecular flexibility index (Phi) is 5.38. The Bertz CT molecular complexity index is 872. The van der Waals surface area contributed by atoms with Crippen LogP contribution in [0.15, 0.2) is 24.3 Å². The van der Waals surface area contributed by atoms with Crippen molar-refractivity contribution >= 4 is 45.5 Å². The molecule has 0 fully saturated rings. The third-order valence-electron chi connectivity index (χ3n) is 4.53. The molecule has 1 aromatic heterocycles. The molecule has 1 aliphatic rings. The first-order valence-corrected chi connectivity index (χ1v) is 9.71. The predicted molar refractivity (Wildman–Crippen MR) is 109 cm³/mol. The minimum Gasteiger partial charge on any atom is -0.365 e. The summed E-state index contributed by atoms with van der Waals surface area (Å²) in [4.78, 5) is 25.4. The van der Waals surface area contributed by atoms with E-state index in [9.17, 15) is 9.59 Å². The highest BCUT2D eigenvalue weighted by Crippen LogP contribution is 2.39. The van der Waals surface area contributed by atoms with E-state index in [1.54, 1.807) is 12.1 Å². The number of aryl methyl sites for hydroxylation is 1. The Morgan fingerprint density at radius 1 is 1.27 bits per heavy atom. The van der Waals surface area contributed by atoms with Crippen molar-refractivity contribution < 1.29 is 9.59 Å². The minimum atomic E-state index is -0.466. The molecule has 0 saturated carbocycles. The number of thiophene rings is 1. The summed E-state index contributed by atoms with van der Waals surface area (Å²) in [6.07, 6.45) is 2.82. The van der Waals surface area contributed by atoms with Crippen LogP contribution in [0.4, 0.5) is 5.00 Å². The molecule has 0 aliphatic heterocycles. The molecule has 7 heteroatoms. The molecule has 2 amide bonds. The molecule has 5 nitrogen and oxygen atoms in total. The van der Waals surface area contributed by atoms with Gasteiger partial charge in [-0.2, -0.15) is 0 Å². The number of nitrogens with one attached hydrogen (secondary N) is 2. The molecule has 1 heterocycles. The van der Waals surface area contributed by atoms with Crippen LogP contribution in [0.25, 0.3) is 0 Å². The van der Waals surface area contributed by atoms with E-state index in [1.807, 2.05) is 19.1 Å². The van der Waals surface area contributed by atoms with E-state index in [1.165, 1.54) is 16.2 Å². The summed E-state index contributed by atoms with van der Waals surface area (Å²) in [5.41, 5.74) is 8.72. The van der Waals surface area contributed by atoms with Gasteiger partial charge >= 0.3 is 0 Å². The molecule has 1 aromatic carbocycles. The second-order valence-electron chi connectivity index (χ2n) is 6.69. The molecule has 0 unspecified atom stereocenters. The maximum atomic E-state index is 12.3. The molecule has 1 atom stereocenters. The van der Waals surface area contributed by atoms with Gasteiger partial charge in [-0.15, -0.1) is 11.3 Å². The van der Waals surface area contributed by atoms with E-state index in [-0.39, 0.29) is 11.0 Å². The van der Waals surface area contributed by atoms with E-state index >= 15 is 0 Å². The predicted octanol–water partition coefficient (Wildman–Crippen LogP) is 3.41. The summed E-state index contributed by atoms with van der Waals surface area (Å²) in [7, 11) is 0. The Morgan fingerprint density at radius 3 is 2.62 bits per heavy atom. The Hall–Kier alpha value is -2.25. The van der Waals surface area contributed by atoms with Crippen molar-refractivity contribution in [2.45, 2.75) is 33.1 Å². The molecular formula is C19H21N3O2S2. The second kappa shape index (κ2) is 7.55. The van der Waals surface area contributed by atoms with Crippen LogP contribution in [-0.4, -0.2) is 16.9 Å². The smallest absolute Gasteiger partial charge is 0.257 e. The lowest BCUT2D eigenvalue weighted by molar-refractivity contribution is 0.0975. The molecule has 0 saturated heterocycles. The lowest BCUT2D eigenvalue weighted by atomic mass is 9.88. The Balaban J connectivity index is 1.76. The van der Waals surface area contributed by atoms with Gasteiger partial charge in [-0.3, -0.25) is 14.9 Å². The first-order chi connectivity index (χ1) is 12.3. The average Bonchev–Trinajstić information content (AvgIpc) is 2.91. The number of carbonyl (C=O) groups is 2. The zero-order chi connectivity index (χ0) is 18.8. The van der Waals surface area contributed by atoms with Crippen LogP contribution in [0.2, 0.25) is 0 Å². The molecular weight excluding hydrogens is 366 g/mol. The maximum absolute atomic E-state index is 12.3. The number of amides is 2. The molecule has 4 N–H and O–H groups in total. The van der Waals surface area contributed by atoms with Crippen LogP contribution >= 0.6 is 23.6 Å². The third-order valence-corrected chi connectivity index (χ3v) is 5.90. The van der Waals surface area contributed by atoms with Gasteiger partial charge in [0.05, 0.1) is 5.56 Å². The van der Waals surface area contributed by atoms with Crippen LogP contribution in [0.1, 0.15) is 50.1 Å². The van der Waals surface area contributed by atoms with Crippen molar-refractivity contribution in [2.75, 3.05) is 5.32 Å². The number of carbonyl (C=O) groups excluding carboxylic acids is 2. The van der Waals surface area contributed by atoms with Crippen LogP contribution in [-0.2, 0) is 12.8 Å². The molecule has 0 spiro atoms. The van der Waals surface area contributed by atoms with Crippen molar-refractivity contribution in [2.24, 2.45) is 11.7 Å². The average molecular weight is 388 g/mol. The molecule has 3 rings (SSSR count). The third kappa shape index (κ3) is 3.94. The van der Waals surface area contributed by atoms with Crippen molar-refractivity contribution in [1.29, 1.82) is 0 Å². The summed E-state index contributed by atoms with van der Waals surface area (Å²) in [6, 6.07) is 7.22. The summed E-state index contributed by atoms with van der Waals surface area (Å²) in [6.45, 7) is 4.16. The topological polar surface area (TPSA) is 84.2 Å². The van der Waals surface area contributed by atoms with Gasteiger partial charge in [0.1, 0.15) is 5.00 Å². The number of nitrogens with two attached hydrogens (primary N) is 1. The van der Waals surface area contributed by atoms with Gasteiger partial charge in [-0.05, 0) is 62.0 Å². The zero-order valence-electron chi connectivity index (χ0n) is 14.7. The summed E-state index contributed by atoms with van der Waals surface area (Å²) in [5.74, 6) is -0.173. The number of hydrogen-bond donors (Lipinski definition) is 3. The van der Waals surface area contributed by atoms with Crippen LogP contribution in [0, 0.1) is 12.8 Å². The maximum Gasteiger partial charge on any atom is 0.257 e. The van der Waals surface area contributed by atoms with E-state index in [0.29, 0.717) is 22.0 Å². The highest BCUT2D eigenvalue weighted by Gasteiger charge is 2.27. The SMILES string of the molecule is Cc1ccc(C(=O)NC(=S)Nc2sc3c(c2C(N)=O)CC[C@@H](C)C3)cc1. The normalized spacial score (nSPS) is 15.8. The van der Waals surface area contributed by atoms with Gasteiger partial charge in [0, 0.05) is 10.4 Å². The number of fused-ring (bicyclic) bond motifs is 1. The quantitative estimate of drug-likeness (QED) is 0.705. The number of benzene rings is 1. The largest absolute Gasteiger partial charge is 0.365 e. The van der Waals surface area contributed by atoms with E-state index < -0.39 is 5.91 Å². The van der Waals surface area contributed by atoms with Crippen LogP contribution in [0.5, 0.6) is 0 Å². The Labute approximate surface area is 162 Å². The van der Waals surface area contributed by atoms with Gasteiger partial charge in [0.15, 0.2) is 5.11 Å². The summed E-state index contributed by atoms with van der Waals surface area (Å²) in [5, 5.41) is 6.42. The van der Waals surface area contributed by atoms with Crippen LogP contribution in [0.3, 0.4) is 0 Å². The highest BCUT2D eigenvalue weighted by molar-refractivity contribution is 7.80. The number of primary amides is 1. The number of hydrogen-bond acceptors (Lipinski definition) is 4. The van der Waals surface area contributed by atoms with Crippen molar-refractivity contribution in [3.8, 4) is 0 Å². The molecule has 26 heavy (non-hydrogen) atoms. The first-order valence-electron chi connectivity index (χ1n) is 8.48. The number of anilines is 1. The summed E-state index contributed by atoms with van der Waals surface area (Å²) < 4.78 is 0.